The third kappa shape index (κ3) is 4.00. The topological polar surface area (TPSA) is 90.9 Å². The van der Waals surface area contributed by atoms with E-state index in [2.05, 4.69) is 10.3 Å². The van der Waals surface area contributed by atoms with E-state index in [0.717, 1.165) is 16.7 Å². The second-order valence-electron chi connectivity index (χ2n) is 8.36. The number of hydrogen-bond acceptors (Lipinski definition) is 5. The molecule has 0 bridgehead atoms. The van der Waals surface area contributed by atoms with E-state index >= 15 is 0 Å². The zero-order valence-corrected chi connectivity index (χ0v) is 20.3. The zero-order valence-electron chi connectivity index (χ0n) is 19.5. The summed E-state index contributed by atoms with van der Waals surface area (Å²) in [5.74, 6) is -0.480. The summed E-state index contributed by atoms with van der Waals surface area (Å²) < 4.78 is 4.45. The van der Waals surface area contributed by atoms with Crippen molar-refractivity contribution in [1.82, 2.24) is 18.9 Å². The number of nitrogens with one attached hydrogen (secondary N) is 1. The van der Waals surface area contributed by atoms with Gasteiger partial charge in [0.05, 0.1) is 23.1 Å². The number of aromatic nitrogens is 4. The van der Waals surface area contributed by atoms with Crippen molar-refractivity contribution >= 4 is 33.1 Å². The Bertz CT molecular complexity index is 1670. The Morgan fingerprint density at radius 3 is 2.43 bits per heavy atom. The summed E-state index contributed by atoms with van der Waals surface area (Å²) in [6.45, 7) is 3.51. The highest BCUT2D eigenvalue weighted by Crippen LogP contribution is 2.30. The van der Waals surface area contributed by atoms with Crippen molar-refractivity contribution in [3.8, 4) is 16.8 Å². The monoisotopic (exact) mass is 485 g/mol. The van der Waals surface area contributed by atoms with Crippen molar-refractivity contribution in [3.63, 3.8) is 0 Å². The van der Waals surface area contributed by atoms with Crippen molar-refractivity contribution in [2.75, 3.05) is 5.32 Å². The molecule has 2 aromatic carbocycles. The van der Waals surface area contributed by atoms with E-state index in [-0.39, 0.29) is 23.4 Å². The lowest BCUT2D eigenvalue weighted by Gasteiger charge is -2.08. The largest absolute Gasteiger partial charge is 0.318 e. The Morgan fingerprint density at radius 2 is 1.71 bits per heavy atom. The minimum Gasteiger partial charge on any atom is -0.318 e. The van der Waals surface area contributed by atoms with E-state index in [1.807, 2.05) is 66.9 Å². The Morgan fingerprint density at radius 1 is 1.00 bits per heavy atom. The lowest BCUT2D eigenvalue weighted by molar-refractivity contribution is -0.116. The van der Waals surface area contributed by atoms with Crippen LogP contribution in [0.3, 0.4) is 0 Å². The van der Waals surface area contributed by atoms with Gasteiger partial charge in [-0.2, -0.15) is 0 Å². The molecule has 9 heteroatoms. The van der Waals surface area contributed by atoms with Crippen molar-refractivity contribution < 1.29 is 4.79 Å². The van der Waals surface area contributed by atoms with Gasteiger partial charge < -0.3 is 5.32 Å². The molecule has 0 aliphatic carbocycles. The molecule has 0 aliphatic heterocycles. The van der Waals surface area contributed by atoms with Gasteiger partial charge in [-0.25, -0.2) is 9.67 Å². The molecule has 5 rings (SSSR count). The average Bonchev–Trinajstić information content (AvgIpc) is 3.37. The molecule has 0 radical (unpaired) electrons. The van der Waals surface area contributed by atoms with Crippen LogP contribution in [0.25, 0.3) is 27.0 Å². The van der Waals surface area contributed by atoms with Crippen LogP contribution in [-0.4, -0.2) is 24.8 Å². The Kier molecular flexibility index (Phi) is 5.70. The summed E-state index contributed by atoms with van der Waals surface area (Å²) in [4.78, 5) is 44.3. The first-order valence-electron chi connectivity index (χ1n) is 11.0. The first kappa shape index (κ1) is 22.5. The van der Waals surface area contributed by atoms with Crippen LogP contribution in [0.5, 0.6) is 0 Å². The summed E-state index contributed by atoms with van der Waals surface area (Å²) in [6, 6.07) is 17.1. The molecular formula is C26H23N5O3S. The van der Waals surface area contributed by atoms with E-state index in [0.29, 0.717) is 21.6 Å². The number of benzene rings is 2. The minimum absolute atomic E-state index is 0.180. The molecule has 35 heavy (non-hydrogen) atoms. The van der Waals surface area contributed by atoms with E-state index in [9.17, 15) is 14.4 Å². The van der Waals surface area contributed by atoms with Gasteiger partial charge in [0.1, 0.15) is 17.1 Å². The number of rotatable bonds is 5. The van der Waals surface area contributed by atoms with Crippen LogP contribution in [0, 0.1) is 13.8 Å². The lowest BCUT2D eigenvalue weighted by Crippen LogP contribution is -2.29. The van der Waals surface area contributed by atoms with Crippen LogP contribution in [0.4, 0.5) is 5.69 Å². The van der Waals surface area contributed by atoms with Crippen molar-refractivity contribution in [1.29, 1.82) is 0 Å². The van der Waals surface area contributed by atoms with Crippen molar-refractivity contribution in [3.05, 3.63) is 98.3 Å². The highest BCUT2D eigenvalue weighted by molar-refractivity contribution is 7.17. The van der Waals surface area contributed by atoms with Gasteiger partial charge in [-0.05, 0) is 31.5 Å². The second kappa shape index (κ2) is 8.84. The average molecular weight is 486 g/mol. The maximum Gasteiger partial charge on any atom is 0.295 e. The second-order valence-corrected chi connectivity index (χ2v) is 9.22. The number of para-hydroxylation sites is 1. The highest BCUT2D eigenvalue weighted by Gasteiger charge is 2.19. The Balaban J connectivity index is 1.46. The first-order valence-corrected chi connectivity index (χ1v) is 11.9. The summed E-state index contributed by atoms with van der Waals surface area (Å²) in [5, 5.41) is 5.09. The number of nitrogens with zero attached hydrogens (tertiary/aromatic N) is 4. The molecule has 0 spiro atoms. The molecule has 0 saturated carbocycles. The molecular weight excluding hydrogens is 462 g/mol. The number of anilines is 1. The number of fused-ring (bicyclic) bond motifs is 1. The van der Waals surface area contributed by atoms with Crippen molar-refractivity contribution in [2.24, 2.45) is 7.05 Å². The van der Waals surface area contributed by atoms with Crippen LogP contribution in [0.2, 0.25) is 0 Å². The maximum atomic E-state index is 13.3. The number of hydrogen-bond donors (Lipinski definition) is 1. The standard InChI is InChI=1S/C26H23N5O3S/c1-16-9-11-18(12-10-16)20-14-35-24-22(20)25(33)30(15-27-24)13-21(32)28-23-17(2)29(3)31(26(23)34)19-7-5-4-6-8-19/h4-12,14-15H,13H2,1-3H3,(H,28,32). The molecule has 0 fully saturated rings. The number of amides is 1. The maximum absolute atomic E-state index is 13.3. The molecule has 3 aromatic heterocycles. The van der Waals surface area contributed by atoms with Crippen molar-refractivity contribution in [2.45, 2.75) is 20.4 Å². The van der Waals surface area contributed by atoms with E-state index in [1.54, 1.807) is 18.7 Å². The van der Waals surface area contributed by atoms with E-state index < -0.39 is 5.91 Å². The van der Waals surface area contributed by atoms with Gasteiger partial charge >= 0.3 is 0 Å². The van der Waals surface area contributed by atoms with Gasteiger partial charge in [0.2, 0.25) is 5.91 Å². The fourth-order valence-corrected chi connectivity index (χ4v) is 4.98. The smallest absolute Gasteiger partial charge is 0.295 e. The van der Waals surface area contributed by atoms with Gasteiger partial charge in [0, 0.05) is 18.0 Å². The Hall–Kier alpha value is -4.24. The SMILES string of the molecule is Cc1ccc(-c2csc3ncn(CC(=O)Nc4c(C)n(C)n(-c5ccccc5)c4=O)c(=O)c23)cc1. The van der Waals surface area contributed by atoms with E-state index in [1.165, 1.54) is 26.9 Å². The summed E-state index contributed by atoms with van der Waals surface area (Å²) in [7, 11) is 1.75. The molecule has 0 saturated heterocycles. The molecule has 3 heterocycles. The highest BCUT2D eigenvalue weighted by atomic mass is 32.1. The number of carbonyl (C=O) groups excluding carboxylic acids is 1. The number of aryl methyl sites for hydroxylation is 1. The van der Waals surface area contributed by atoms with Crippen LogP contribution in [0.1, 0.15) is 11.3 Å². The quantitative estimate of drug-likeness (QED) is 0.409. The fourth-order valence-electron chi connectivity index (χ4n) is 4.07. The van der Waals surface area contributed by atoms with Crippen LogP contribution in [-0.2, 0) is 18.4 Å². The summed E-state index contributed by atoms with van der Waals surface area (Å²) >= 11 is 1.39. The first-order chi connectivity index (χ1) is 16.8. The van der Waals surface area contributed by atoms with Gasteiger partial charge in [0.25, 0.3) is 11.1 Å². The Labute approximate surface area is 204 Å². The third-order valence-electron chi connectivity index (χ3n) is 6.06. The van der Waals surface area contributed by atoms with Gasteiger partial charge in [-0.15, -0.1) is 11.3 Å². The van der Waals surface area contributed by atoms with Crippen LogP contribution >= 0.6 is 11.3 Å². The molecule has 5 aromatic rings. The lowest BCUT2D eigenvalue weighted by atomic mass is 10.1. The van der Waals surface area contributed by atoms with Crippen LogP contribution < -0.4 is 16.4 Å². The molecule has 0 unspecified atom stereocenters. The molecule has 176 valence electrons. The van der Waals surface area contributed by atoms with Gasteiger partial charge in [-0.3, -0.25) is 23.6 Å². The molecule has 1 amide bonds. The fraction of sp³-hybridized carbons (Fsp3) is 0.154. The molecule has 8 nitrogen and oxygen atoms in total. The number of carbonyl (C=O) groups is 1. The number of thiophene rings is 1. The van der Waals surface area contributed by atoms with Gasteiger partial charge in [0.15, 0.2) is 0 Å². The minimum atomic E-state index is -0.480. The predicted molar refractivity (Wildman–Crippen MR) is 138 cm³/mol. The van der Waals surface area contributed by atoms with E-state index in [4.69, 9.17) is 0 Å². The molecule has 0 aliphatic rings. The molecule has 1 N–H and O–H groups in total. The van der Waals surface area contributed by atoms with Gasteiger partial charge in [-0.1, -0.05) is 48.0 Å². The third-order valence-corrected chi connectivity index (χ3v) is 6.94. The summed E-state index contributed by atoms with van der Waals surface area (Å²) in [5.41, 5.74) is 3.68. The van der Waals surface area contributed by atoms with Crippen LogP contribution in [0.15, 0.2) is 75.9 Å². The summed E-state index contributed by atoms with van der Waals surface area (Å²) in [6.07, 6.45) is 1.37. The predicted octanol–water partition coefficient (Wildman–Crippen LogP) is 3.87. The molecule has 0 atom stereocenters. The normalized spacial score (nSPS) is 11.2. The zero-order chi connectivity index (χ0) is 24.7.